The van der Waals surface area contributed by atoms with Crippen molar-refractivity contribution in [3.8, 4) is 17.6 Å². The van der Waals surface area contributed by atoms with Gasteiger partial charge in [0.05, 0.1) is 32.5 Å². The standard InChI is InChI=1S/C46H63N4O10PSi/c1-31(2)50(45(6,7)27-16-28-47)61(53,54)59-40-38(58-39(37-29-49(8)43(52)48-42(37)51)41(40)60-62(11,12)44(3,4)5)30-57-46(32-17-14-13-15-18-32,33-19-23-35(55-9)24-20-33)34-21-25-36(56-10)26-22-34/h13-15,17-26,29,31,38-41H,16,27,30H2,1-12H3,(H,53,54)(H,48,51,52)/t38-,39+,40-,41+/m1/s1. The summed E-state index contributed by atoms with van der Waals surface area (Å²) in [7, 11) is -2.90. The van der Waals surface area contributed by atoms with E-state index in [0.717, 1.165) is 16.7 Å². The highest BCUT2D eigenvalue weighted by molar-refractivity contribution is 7.50. The Bertz CT molecular complexity index is 2290. The van der Waals surface area contributed by atoms with Crippen LogP contribution in [0.4, 0.5) is 0 Å². The summed E-state index contributed by atoms with van der Waals surface area (Å²) in [5.41, 5.74) is -1.27. The Morgan fingerprint density at radius 2 is 1.44 bits per heavy atom. The van der Waals surface area contributed by atoms with E-state index in [-0.39, 0.29) is 30.1 Å². The van der Waals surface area contributed by atoms with E-state index in [4.69, 9.17) is 27.9 Å². The quantitative estimate of drug-likeness (QED) is 0.0558. The number of aromatic nitrogens is 2. The molecular formula is C46H63N4O10PSi. The van der Waals surface area contributed by atoms with Crippen LogP contribution in [0.15, 0.2) is 94.6 Å². The average molecular weight is 891 g/mol. The average Bonchev–Trinajstić information content (AvgIpc) is 3.52. The van der Waals surface area contributed by atoms with Gasteiger partial charge in [-0.1, -0.05) is 75.4 Å². The predicted octanol–water partition coefficient (Wildman–Crippen LogP) is 8.21. The molecule has 5 atom stereocenters. The summed E-state index contributed by atoms with van der Waals surface area (Å²) in [5, 5.41) is 9.15. The van der Waals surface area contributed by atoms with Gasteiger partial charge in [-0.2, -0.15) is 5.26 Å². The summed E-state index contributed by atoms with van der Waals surface area (Å²) in [6.07, 6.45) is -2.92. The number of nitrogens with zero attached hydrogens (tertiary/aromatic N) is 3. The Kier molecular flexibility index (Phi) is 15.0. The fraction of sp³-hybridized carbons (Fsp3) is 0.500. The van der Waals surface area contributed by atoms with Crippen molar-refractivity contribution in [2.75, 3.05) is 20.8 Å². The molecule has 1 fully saturated rings. The molecule has 0 radical (unpaired) electrons. The normalized spacial score (nSPS) is 19.6. The topological polar surface area (TPSA) is 175 Å². The number of hydrogen-bond donors (Lipinski definition) is 2. The first-order valence-electron chi connectivity index (χ1n) is 20.8. The zero-order chi connectivity index (χ0) is 45.8. The third-order valence-electron chi connectivity index (χ3n) is 12.1. The van der Waals surface area contributed by atoms with E-state index in [1.54, 1.807) is 41.9 Å². The maximum atomic E-state index is 15.1. The molecule has 0 bridgehead atoms. The summed E-state index contributed by atoms with van der Waals surface area (Å²) < 4.78 is 56.7. The van der Waals surface area contributed by atoms with Crippen LogP contribution in [0, 0.1) is 11.3 Å². The first-order valence-corrected chi connectivity index (χ1v) is 25.3. The molecule has 62 heavy (non-hydrogen) atoms. The maximum absolute atomic E-state index is 15.1. The molecule has 1 aromatic heterocycles. The lowest BCUT2D eigenvalue weighted by molar-refractivity contribution is -0.0823. The number of ether oxygens (including phenoxy) is 4. The zero-order valence-corrected chi connectivity index (χ0v) is 39.9. The molecule has 2 N–H and O–H groups in total. The van der Waals surface area contributed by atoms with Gasteiger partial charge < -0.3 is 32.8 Å². The van der Waals surface area contributed by atoms with Crippen LogP contribution in [0.25, 0.3) is 0 Å². The van der Waals surface area contributed by atoms with Gasteiger partial charge in [0.15, 0.2) is 8.32 Å². The Morgan fingerprint density at radius 3 is 1.92 bits per heavy atom. The molecule has 5 rings (SSSR count). The van der Waals surface area contributed by atoms with Crippen molar-refractivity contribution in [3.05, 3.63) is 128 Å². The molecule has 1 unspecified atom stereocenters. The SMILES string of the molecule is COc1ccc(C(OC[C@H]2O[C@@H](c3cn(C)c(=O)[nH]c3=O)[C@H](O[Si](C)(C)C(C)(C)C)[C@@H]2OP(=O)(O)N(C(C)C)C(C)(C)CCC#N)(c2ccccc2)c2ccc(OC)cc2)cc1. The number of hydrogen-bond acceptors (Lipinski definition) is 10. The largest absolute Gasteiger partial charge is 0.497 e. The van der Waals surface area contributed by atoms with E-state index < -0.39 is 68.9 Å². The van der Waals surface area contributed by atoms with E-state index in [2.05, 4.69) is 31.8 Å². The molecule has 336 valence electrons. The second kappa shape index (κ2) is 19.2. The van der Waals surface area contributed by atoms with E-state index in [9.17, 15) is 19.7 Å². The highest BCUT2D eigenvalue weighted by Crippen LogP contribution is 2.57. The van der Waals surface area contributed by atoms with Gasteiger partial charge in [-0.3, -0.25) is 14.3 Å². The fourth-order valence-corrected chi connectivity index (χ4v) is 11.3. The second-order valence-corrected chi connectivity index (χ2v) is 24.6. The molecule has 2 heterocycles. The van der Waals surface area contributed by atoms with Crippen LogP contribution < -0.4 is 20.7 Å². The number of benzene rings is 3. The van der Waals surface area contributed by atoms with Crippen LogP contribution in [0.1, 0.15) is 89.7 Å². The van der Waals surface area contributed by atoms with Gasteiger partial charge in [-0.05, 0) is 93.2 Å². The van der Waals surface area contributed by atoms with Crippen molar-refractivity contribution in [1.82, 2.24) is 14.2 Å². The lowest BCUT2D eigenvalue weighted by Gasteiger charge is -2.44. The number of rotatable bonds is 18. The van der Waals surface area contributed by atoms with Gasteiger partial charge in [0.2, 0.25) is 0 Å². The summed E-state index contributed by atoms with van der Waals surface area (Å²) in [4.78, 5) is 41.1. The molecule has 0 aliphatic carbocycles. The molecule has 16 heteroatoms. The summed E-state index contributed by atoms with van der Waals surface area (Å²) in [5.74, 6) is 1.28. The lowest BCUT2D eigenvalue weighted by atomic mass is 9.80. The van der Waals surface area contributed by atoms with Crippen molar-refractivity contribution in [2.45, 2.75) is 121 Å². The molecule has 3 aromatic carbocycles. The van der Waals surface area contributed by atoms with Crippen molar-refractivity contribution in [2.24, 2.45) is 7.05 Å². The summed E-state index contributed by atoms with van der Waals surface area (Å²) in [6.45, 7) is 17.2. The third kappa shape index (κ3) is 10.2. The lowest BCUT2D eigenvalue weighted by Crippen LogP contribution is -2.51. The molecule has 1 saturated heterocycles. The Balaban J connectivity index is 1.76. The minimum Gasteiger partial charge on any atom is -0.497 e. The number of aryl methyl sites for hydroxylation is 1. The minimum absolute atomic E-state index is 0.0781. The highest BCUT2D eigenvalue weighted by atomic mass is 31.2. The van der Waals surface area contributed by atoms with E-state index >= 15 is 4.57 Å². The molecule has 0 amide bonds. The third-order valence-corrected chi connectivity index (χ3v) is 18.7. The molecule has 1 aliphatic heterocycles. The number of H-pyrrole nitrogens is 1. The highest BCUT2D eigenvalue weighted by Gasteiger charge is 2.56. The molecule has 0 saturated carbocycles. The van der Waals surface area contributed by atoms with Gasteiger partial charge in [0, 0.05) is 31.2 Å². The first kappa shape index (κ1) is 48.7. The monoisotopic (exact) mass is 890 g/mol. The summed E-state index contributed by atoms with van der Waals surface area (Å²) in [6, 6.07) is 26.4. The molecule has 4 aromatic rings. The van der Waals surface area contributed by atoms with E-state index in [1.807, 2.05) is 92.0 Å². The smallest absolute Gasteiger partial charge is 0.406 e. The van der Waals surface area contributed by atoms with Crippen LogP contribution >= 0.6 is 7.75 Å². The zero-order valence-electron chi connectivity index (χ0n) is 38.0. The van der Waals surface area contributed by atoms with Crippen LogP contribution in [0.3, 0.4) is 0 Å². The number of nitriles is 1. The van der Waals surface area contributed by atoms with Crippen molar-refractivity contribution in [1.29, 1.82) is 5.26 Å². The first-order chi connectivity index (χ1) is 29.0. The molecule has 1 aliphatic rings. The number of nitrogens with one attached hydrogen (secondary N) is 1. The van der Waals surface area contributed by atoms with E-state index in [0.29, 0.717) is 11.5 Å². The van der Waals surface area contributed by atoms with Gasteiger partial charge >= 0.3 is 13.4 Å². The van der Waals surface area contributed by atoms with Gasteiger partial charge in [-0.15, -0.1) is 0 Å². The Hall–Kier alpha value is -4.36. The maximum Gasteiger partial charge on any atom is 0.406 e. The number of methoxy groups -OCH3 is 2. The van der Waals surface area contributed by atoms with Crippen LogP contribution in [0.2, 0.25) is 18.1 Å². The Morgan fingerprint density at radius 1 is 0.903 bits per heavy atom. The summed E-state index contributed by atoms with van der Waals surface area (Å²) >= 11 is 0. The Labute approximate surface area is 366 Å². The molecular weight excluding hydrogens is 828 g/mol. The van der Waals surface area contributed by atoms with E-state index in [1.165, 1.54) is 22.5 Å². The van der Waals surface area contributed by atoms with Crippen molar-refractivity contribution < 1.29 is 37.4 Å². The van der Waals surface area contributed by atoms with Crippen LogP contribution in [-0.2, 0) is 35.6 Å². The predicted molar refractivity (Wildman–Crippen MR) is 241 cm³/mol. The van der Waals surface area contributed by atoms with Crippen molar-refractivity contribution >= 4 is 16.1 Å². The minimum atomic E-state index is -4.80. The van der Waals surface area contributed by atoms with Gasteiger partial charge in [0.25, 0.3) is 5.56 Å². The number of aromatic amines is 1. The van der Waals surface area contributed by atoms with Gasteiger partial charge in [-0.25, -0.2) is 14.0 Å². The second-order valence-electron chi connectivity index (χ2n) is 18.2. The van der Waals surface area contributed by atoms with Gasteiger partial charge in [0.1, 0.15) is 41.5 Å². The van der Waals surface area contributed by atoms with Crippen LogP contribution in [-0.4, -0.2) is 78.2 Å². The molecule has 14 nitrogen and oxygen atoms in total. The van der Waals surface area contributed by atoms with Crippen molar-refractivity contribution in [3.63, 3.8) is 0 Å². The molecule has 0 spiro atoms. The van der Waals surface area contributed by atoms with Crippen LogP contribution in [0.5, 0.6) is 11.5 Å². The fourth-order valence-electron chi connectivity index (χ4n) is 7.97.